The number of allylic oxidation sites excluding steroid dienone is 10. The van der Waals surface area contributed by atoms with Gasteiger partial charge in [-0.15, -0.1) is 0 Å². The van der Waals surface area contributed by atoms with Gasteiger partial charge in [0.15, 0.2) is 0 Å². The molecule has 0 aliphatic heterocycles. The van der Waals surface area contributed by atoms with Crippen molar-refractivity contribution in [3.8, 4) is 0 Å². The number of hydrogen-bond acceptors (Lipinski definition) is 0. The van der Waals surface area contributed by atoms with E-state index in [9.17, 15) is 0 Å². The second kappa shape index (κ2) is 7.49. The summed E-state index contributed by atoms with van der Waals surface area (Å²) in [5.41, 5.74) is 5.39. The molecule has 0 heteroatoms. The van der Waals surface area contributed by atoms with Crippen molar-refractivity contribution in [2.75, 3.05) is 0 Å². The molecule has 1 aliphatic rings. The van der Waals surface area contributed by atoms with Gasteiger partial charge in [0.1, 0.15) is 0 Å². The van der Waals surface area contributed by atoms with E-state index in [4.69, 9.17) is 0 Å². The van der Waals surface area contributed by atoms with E-state index in [1.54, 1.807) is 0 Å². The predicted molar refractivity (Wildman–Crippen MR) is 89.4 cm³/mol. The quantitative estimate of drug-likeness (QED) is 0.595. The molecule has 1 aliphatic carbocycles. The van der Waals surface area contributed by atoms with Gasteiger partial charge in [0.2, 0.25) is 0 Å². The molecule has 0 atom stereocenters. The van der Waals surface area contributed by atoms with Crippen LogP contribution in [0.5, 0.6) is 0 Å². The lowest BCUT2D eigenvalue weighted by atomic mass is 9.99. The van der Waals surface area contributed by atoms with Crippen LogP contribution in [0, 0.1) is 0 Å². The minimum Gasteiger partial charge on any atom is -0.0798 e. The lowest BCUT2D eigenvalue weighted by Gasteiger charge is -2.07. The second-order valence-electron chi connectivity index (χ2n) is 5.08. The Balaban J connectivity index is 1.99. The summed E-state index contributed by atoms with van der Waals surface area (Å²) >= 11 is 0. The molecule has 102 valence electrons. The zero-order chi connectivity index (χ0) is 14.2. The fraction of sp³-hybridized carbons (Fsp3) is 0.200. The molecule has 0 fully saturated rings. The molecule has 0 radical (unpaired) electrons. The van der Waals surface area contributed by atoms with Crippen molar-refractivity contribution < 1.29 is 0 Å². The first-order valence-corrected chi connectivity index (χ1v) is 7.22. The van der Waals surface area contributed by atoms with E-state index in [0.29, 0.717) is 0 Å². The monoisotopic (exact) mass is 262 g/mol. The zero-order valence-electron chi connectivity index (χ0n) is 12.3. The summed E-state index contributed by atoms with van der Waals surface area (Å²) in [6.07, 6.45) is 17.5. The summed E-state index contributed by atoms with van der Waals surface area (Å²) in [6, 6.07) is 10.5. The van der Waals surface area contributed by atoms with Crippen molar-refractivity contribution >= 4 is 5.57 Å². The van der Waals surface area contributed by atoms with Crippen LogP contribution in [0.3, 0.4) is 0 Å². The molecule has 0 heterocycles. The van der Waals surface area contributed by atoms with Gasteiger partial charge < -0.3 is 0 Å². The van der Waals surface area contributed by atoms with E-state index in [1.165, 1.54) is 28.7 Å². The van der Waals surface area contributed by atoms with Gasteiger partial charge in [-0.3, -0.25) is 0 Å². The van der Waals surface area contributed by atoms with Gasteiger partial charge in [0.05, 0.1) is 0 Å². The zero-order valence-corrected chi connectivity index (χ0v) is 12.3. The normalized spacial score (nSPS) is 16.6. The molecule has 0 spiro atoms. The molecule has 0 saturated carbocycles. The maximum absolute atomic E-state index is 2.22. The van der Waals surface area contributed by atoms with Crippen molar-refractivity contribution in [3.63, 3.8) is 0 Å². The van der Waals surface area contributed by atoms with E-state index >= 15 is 0 Å². The fourth-order valence-electron chi connectivity index (χ4n) is 2.22. The Labute approximate surface area is 122 Å². The lowest BCUT2D eigenvalue weighted by molar-refractivity contribution is 0.927. The number of rotatable bonds is 4. The first kappa shape index (κ1) is 14.3. The molecule has 0 aromatic heterocycles. The van der Waals surface area contributed by atoms with E-state index in [-0.39, 0.29) is 0 Å². The molecule has 0 nitrogen and oxygen atoms in total. The Bertz CT molecular complexity index is 578. The Morgan fingerprint density at radius 3 is 2.45 bits per heavy atom. The molecular formula is C20H22. The second-order valence-corrected chi connectivity index (χ2v) is 5.08. The Morgan fingerprint density at radius 1 is 1.00 bits per heavy atom. The number of hydrogen-bond donors (Lipinski definition) is 0. The maximum Gasteiger partial charge on any atom is -0.0187 e. The molecule has 0 unspecified atom stereocenters. The van der Waals surface area contributed by atoms with Crippen LogP contribution in [0.1, 0.15) is 32.3 Å². The van der Waals surface area contributed by atoms with E-state index in [1.807, 2.05) is 6.07 Å². The largest absolute Gasteiger partial charge is 0.0798 e. The summed E-state index contributed by atoms with van der Waals surface area (Å²) in [6.45, 7) is 4.27. The minimum absolute atomic E-state index is 1.15. The van der Waals surface area contributed by atoms with Crippen LogP contribution in [0.25, 0.3) is 5.57 Å². The summed E-state index contributed by atoms with van der Waals surface area (Å²) in [5.74, 6) is 0. The summed E-state index contributed by atoms with van der Waals surface area (Å²) < 4.78 is 0. The molecule has 20 heavy (non-hydrogen) atoms. The molecule has 0 amide bonds. The van der Waals surface area contributed by atoms with Crippen LogP contribution >= 0.6 is 0 Å². The first-order chi connectivity index (χ1) is 9.79. The number of benzene rings is 1. The average molecular weight is 262 g/mol. The minimum atomic E-state index is 1.15. The van der Waals surface area contributed by atoms with Crippen LogP contribution < -0.4 is 0 Å². The van der Waals surface area contributed by atoms with Gasteiger partial charge in [0, 0.05) is 0 Å². The smallest absolute Gasteiger partial charge is 0.0187 e. The Morgan fingerprint density at radius 2 is 1.80 bits per heavy atom. The van der Waals surface area contributed by atoms with E-state index < -0.39 is 0 Å². The van der Waals surface area contributed by atoms with Crippen LogP contribution in [-0.2, 0) is 0 Å². The molecule has 1 aromatic carbocycles. The average Bonchev–Trinajstić information content (AvgIpc) is 2.50. The third-order valence-electron chi connectivity index (χ3n) is 3.51. The van der Waals surface area contributed by atoms with Crippen LogP contribution in [0.15, 0.2) is 84.0 Å². The van der Waals surface area contributed by atoms with Gasteiger partial charge in [-0.25, -0.2) is 0 Å². The van der Waals surface area contributed by atoms with Crippen LogP contribution in [-0.4, -0.2) is 0 Å². The van der Waals surface area contributed by atoms with Crippen LogP contribution in [0.2, 0.25) is 0 Å². The highest BCUT2D eigenvalue weighted by atomic mass is 14.0. The Hall–Kier alpha value is -2.08. The topological polar surface area (TPSA) is 0 Å². The molecule has 0 saturated heterocycles. The standard InChI is InChI=1S/C20H22/c1-3-19(20-11-5-4-6-12-20)10-8-7-9-18-15-13-17(2)14-16-18/h3-13,15H,14,16H2,1-2H3/b9-7+,10-8-,19-3+. The van der Waals surface area contributed by atoms with Gasteiger partial charge in [-0.05, 0) is 43.4 Å². The maximum atomic E-state index is 2.22. The van der Waals surface area contributed by atoms with E-state index in [0.717, 1.165) is 6.42 Å². The predicted octanol–water partition coefficient (Wildman–Crippen LogP) is 5.87. The third-order valence-corrected chi connectivity index (χ3v) is 3.51. The highest BCUT2D eigenvalue weighted by Gasteiger charge is 1.99. The summed E-state index contributed by atoms with van der Waals surface area (Å²) in [4.78, 5) is 0. The van der Waals surface area contributed by atoms with Crippen molar-refractivity contribution in [2.24, 2.45) is 0 Å². The third kappa shape index (κ3) is 4.24. The van der Waals surface area contributed by atoms with E-state index in [2.05, 4.69) is 80.6 Å². The molecule has 1 aromatic rings. The molecular weight excluding hydrogens is 240 g/mol. The molecule has 0 bridgehead atoms. The first-order valence-electron chi connectivity index (χ1n) is 7.22. The SMILES string of the molecule is C\C=C(/C=C\C=C\C1=CC=C(C)CC1)c1ccccc1. The van der Waals surface area contributed by atoms with Gasteiger partial charge >= 0.3 is 0 Å². The van der Waals surface area contributed by atoms with Crippen molar-refractivity contribution in [1.82, 2.24) is 0 Å². The van der Waals surface area contributed by atoms with Gasteiger partial charge in [-0.2, -0.15) is 0 Å². The van der Waals surface area contributed by atoms with Crippen molar-refractivity contribution in [3.05, 3.63) is 89.6 Å². The lowest BCUT2D eigenvalue weighted by Crippen LogP contribution is -1.87. The summed E-state index contributed by atoms with van der Waals surface area (Å²) in [7, 11) is 0. The molecule has 2 rings (SSSR count). The molecule has 0 N–H and O–H groups in total. The summed E-state index contributed by atoms with van der Waals surface area (Å²) in [5, 5.41) is 0. The van der Waals surface area contributed by atoms with Gasteiger partial charge in [0.25, 0.3) is 0 Å². The highest BCUT2D eigenvalue weighted by Crippen LogP contribution is 2.19. The van der Waals surface area contributed by atoms with Crippen molar-refractivity contribution in [2.45, 2.75) is 26.7 Å². The van der Waals surface area contributed by atoms with Crippen LogP contribution in [0.4, 0.5) is 0 Å². The van der Waals surface area contributed by atoms with Gasteiger partial charge in [-0.1, -0.05) is 78.4 Å². The van der Waals surface area contributed by atoms with Crippen molar-refractivity contribution in [1.29, 1.82) is 0 Å². The highest BCUT2D eigenvalue weighted by molar-refractivity contribution is 5.73. The Kier molecular flexibility index (Phi) is 5.37. The fourth-order valence-corrected chi connectivity index (χ4v) is 2.22.